The normalized spacial score (nSPS) is 27.1. The molecule has 0 unspecified atom stereocenters. The molecule has 1 saturated carbocycles. The molecule has 2 bridgehead atoms. The molecule has 0 radical (unpaired) electrons. The zero-order chi connectivity index (χ0) is 18.5. The van der Waals surface area contributed by atoms with E-state index >= 15 is 0 Å². The summed E-state index contributed by atoms with van der Waals surface area (Å²) in [5.41, 5.74) is 1.56. The SMILES string of the molecule is Cc1nc(SCC(=O)N2C[C@@]3(C)C[C@@H]2CC(C)(C)C3)c2ccccc2n1. The van der Waals surface area contributed by atoms with Gasteiger partial charge < -0.3 is 4.90 Å². The smallest absolute Gasteiger partial charge is 0.233 e. The molecule has 0 spiro atoms. The maximum absolute atomic E-state index is 13.0. The minimum absolute atomic E-state index is 0.252. The van der Waals surface area contributed by atoms with Gasteiger partial charge in [0.25, 0.3) is 0 Å². The van der Waals surface area contributed by atoms with Crippen LogP contribution in [0.4, 0.5) is 0 Å². The maximum atomic E-state index is 13.0. The third kappa shape index (κ3) is 3.34. The molecule has 5 heteroatoms. The third-order valence-electron chi connectivity index (χ3n) is 5.75. The molecule has 138 valence electrons. The highest BCUT2D eigenvalue weighted by Gasteiger charge is 2.50. The highest BCUT2D eigenvalue weighted by atomic mass is 32.2. The Kier molecular flexibility index (Phi) is 4.25. The zero-order valence-corrected chi connectivity index (χ0v) is 16.9. The average molecular weight is 370 g/mol. The minimum atomic E-state index is 0.252. The van der Waals surface area contributed by atoms with Gasteiger partial charge in [-0.2, -0.15) is 0 Å². The fraction of sp³-hybridized carbons (Fsp3) is 0.571. The van der Waals surface area contributed by atoms with Gasteiger partial charge in [0.2, 0.25) is 5.91 Å². The molecule has 2 fully saturated rings. The molecule has 2 heterocycles. The predicted octanol–water partition coefficient (Wildman–Crippen LogP) is 4.46. The summed E-state index contributed by atoms with van der Waals surface area (Å²) in [5, 5.41) is 1.94. The summed E-state index contributed by atoms with van der Waals surface area (Å²) in [7, 11) is 0. The highest BCUT2D eigenvalue weighted by Crippen LogP contribution is 2.52. The number of likely N-dealkylation sites (tertiary alicyclic amines) is 1. The number of benzene rings is 1. The monoisotopic (exact) mass is 369 g/mol. The molecule has 4 rings (SSSR count). The number of rotatable bonds is 3. The number of amides is 1. The van der Waals surface area contributed by atoms with E-state index in [4.69, 9.17) is 0 Å². The van der Waals surface area contributed by atoms with E-state index < -0.39 is 0 Å². The van der Waals surface area contributed by atoms with Gasteiger partial charge in [-0.05, 0) is 43.1 Å². The second-order valence-electron chi connectivity index (χ2n) is 9.12. The largest absolute Gasteiger partial charge is 0.338 e. The average Bonchev–Trinajstić information content (AvgIpc) is 2.81. The maximum Gasteiger partial charge on any atom is 0.233 e. The van der Waals surface area contributed by atoms with Gasteiger partial charge in [0.1, 0.15) is 10.9 Å². The van der Waals surface area contributed by atoms with Crippen LogP contribution in [0.2, 0.25) is 0 Å². The van der Waals surface area contributed by atoms with Crippen molar-refractivity contribution in [2.75, 3.05) is 12.3 Å². The molecule has 2 aliphatic rings. The summed E-state index contributed by atoms with van der Waals surface area (Å²) in [6.07, 6.45) is 3.49. The van der Waals surface area contributed by atoms with Gasteiger partial charge in [0, 0.05) is 18.0 Å². The summed E-state index contributed by atoms with van der Waals surface area (Å²) in [5.74, 6) is 1.46. The Morgan fingerprint density at radius 1 is 1.23 bits per heavy atom. The van der Waals surface area contributed by atoms with Gasteiger partial charge in [-0.1, -0.05) is 50.7 Å². The number of fused-ring (bicyclic) bond motifs is 3. The van der Waals surface area contributed by atoms with E-state index in [1.807, 2.05) is 31.2 Å². The summed E-state index contributed by atoms with van der Waals surface area (Å²) in [4.78, 5) is 24.2. The van der Waals surface area contributed by atoms with Crippen molar-refractivity contribution < 1.29 is 4.79 Å². The van der Waals surface area contributed by atoms with Crippen molar-refractivity contribution >= 4 is 28.6 Å². The van der Waals surface area contributed by atoms with Crippen LogP contribution in [0.15, 0.2) is 29.3 Å². The summed E-state index contributed by atoms with van der Waals surface area (Å²) < 4.78 is 0. The van der Waals surface area contributed by atoms with E-state index in [-0.39, 0.29) is 11.3 Å². The number of aryl methyl sites for hydroxylation is 1. The van der Waals surface area contributed by atoms with E-state index in [1.165, 1.54) is 6.42 Å². The lowest BCUT2D eigenvalue weighted by atomic mass is 9.65. The quantitative estimate of drug-likeness (QED) is 0.592. The number of nitrogens with zero attached hydrogens (tertiary/aromatic N) is 3. The van der Waals surface area contributed by atoms with E-state index in [1.54, 1.807) is 11.8 Å². The lowest BCUT2D eigenvalue weighted by Gasteiger charge is -2.39. The van der Waals surface area contributed by atoms with Gasteiger partial charge in [-0.25, -0.2) is 9.97 Å². The molecule has 1 aromatic heterocycles. The molecule has 1 aromatic carbocycles. The van der Waals surface area contributed by atoms with Crippen LogP contribution in [0.5, 0.6) is 0 Å². The lowest BCUT2D eigenvalue weighted by molar-refractivity contribution is -0.129. The molecular formula is C21H27N3OS. The predicted molar refractivity (Wildman–Crippen MR) is 106 cm³/mol. The third-order valence-corrected chi connectivity index (χ3v) is 6.72. The Bertz CT molecular complexity index is 865. The van der Waals surface area contributed by atoms with E-state index in [2.05, 4.69) is 35.6 Å². The second-order valence-corrected chi connectivity index (χ2v) is 10.1. The summed E-state index contributed by atoms with van der Waals surface area (Å²) >= 11 is 1.55. The Balaban J connectivity index is 1.50. The van der Waals surface area contributed by atoms with Crippen LogP contribution in [-0.2, 0) is 4.79 Å². The summed E-state index contributed by atoms with van der Waals surface area (Å²) in [6, 6.07) is 8.43. The Labute approximate surface area is 159 Å². The van der Waals surface area contributed by atoms with Crippen LogP contribution in [0, 0.1) is 17.8 Å². The van der Waals surface area contributed by atoms with Crippen molar-refractivity contribution in [3.8, 4) is 0 Å². The summed E-state index contributed by atoms with van der Waals surface area (Å²) in [6.45, 7) is 9.85. The van der Waals surface area contributed by atoms with Crippen LogP contribution >= 0.6 is 11.8 Å². The van der Waals surface area contributed by atoms with Gasteiger partial charge in [-0.3, -0.25) is 4.79 Å². The first kappa shape index (κ1) is 17.8. The van der Waals surface area contributed by atoms with E-state index in [9.17, 15) is 4.79 Å². The Morgan fingerprint density at radius 2 is 2.00 bits per heavy atom. The van der Waals surface area contributed by atoms with Crippen LogP contribution in [0.3, 0.4) is 0 Å². The van der Waals surface area contributed by atoms with Gasteiger partial charge in [0.15, 0.2) is 0 Å². The fourth-order valence-electron chi connectivity index (χ4n) is 5.23. The van der Waals surface area contributed by atoms with Crippen molar-refractivity contribution in [2.24, 2.45) is 10.8 Å². The first-order valence-corrected chi connectivity index (χ1v) is 10.4. The number of hydrogen-bond acceptors (Lipinski definition) is 4. The Morgan fingerprint density at radius 3 is 2.81 bits per heavy atom. The number of carbonyl (C=O) groups is 1. The highest BCUT2D eigenvalue weighted by molar-refractivity contribution is 8.00. The van der Waals surface area contributed by atoms with Gasteiger partial charge in [-0.15, -0.1) is 0 Å². The van der Waals surface area contributed by atoms with Crippen LogP contribution in [-0.4, -0.2) is 39.1 Å². The van der Waals surface area contributed by atoms with Crippen molar-refractivity contribution in [1.29, 1.82) is 0 Å². The number of carbonyl (C=O) groups excluding carboxylic acids is 1. The molecule has 0 N–H and O–H groups in total. The van der Waals surface area contributed by atoms with Crippen molar-refractivity contribution in [2.45, 2.75) is 58.0 Å². The van der Waals surface area contributed by atoms with Gasteiger partial charge in [0.05, 0.1) is 11.3 Å². The minimum Gasteiger partial charge on any atom is -0.338 e. The first-order valence-electron chi connectivity index (χ1n) is 9.40. The van der Waals surface area contributed by atoms with Crippen molar-refractivity contribution in [3.63, 3.8) is 0 Å². The number of aromatic nitrogens is 2. The van der Waals surface area contributed by atoms with Crippen LogP contribution < -0.4 is 0 Å². The first-order chi connectivity index (χ1) is 12.2. The molecule has 26 heavy (non-hydrogen) atoms. The molecule has 1 saturated heterocycles. The van der Waals surface area contributed by atoms with E-state index in [0.717, 1.165) is 41.1 Å². The van der Waals surface area contributed by atoms with Crippen LogP contribution in [0.25, 0.3) is 10.9 Å². The van der Waals surface area contributed by atoms with E-state index in [0.29, 0.717) is 17.2 Å². The topological polar surface area (TPSA) is 46.1 Å². The van der Waals surface area contributed by atoms with Crippen molar-refractivity contribution in [1.82, 2.24) is 14.9 Å². The molecule has 2 atom stereocenters. The van der Waals surface area contributed by atoms with Crippen molar-refractivity contribution in [3.05, 3.63) is 30.1 Å². The lowest BCUT2D eigenvalue weighted by Crippen LogP contribution is -2.38. The molecule has 1 aliphatic carbocycles. The van der Waals surface area contributed by atoms with Gasteiger partial charge >= 0.3 is 0 Å². The standard InChI is InChI=1S/C21H27N3OS/c1-14-22-17-8-6-5-7-16(17)19(23-14)26-11-18(25)24-13-21(4)10-15(24)9-20(2,3)12-21/h5-8,15H,9-13H2,1-4H3/t15-,21-/m0/s1. The Hall–Kier alpha value is -1.62. The molecule has 2 aromatic rings. The second kappa shape index (κ2) is 6.22. The number of thioether (sulfide) groups is 1. The molecule has 4 nitrogen and oxygen atoms in total. The fourth-order valence-corrected chi connectivity index (χ4v) is 6.18. The molecule has 1 amide bonds. The zero-order valence-electron chi connectivity index (χ0n) is 16.1. The van der Waals surface area contributed by atoms with Crippen LogP contribution in [0.1, 0.15) is 45.9 Å². The molecular weight excluding hydrogens is 342 g/mol. The number of hydrogen-bond donors (Lipinski definition) is 0. The molecule has 1 aliphatic heterocycles. The number of para-hydroxylation sites is 1.